The van der Waals surface area contributed by atoms with Crippen LogP contribution in [-0.4, -0.2) is 33.0 Å². The predicted molar refractivity (Wildman–Crippen MR) is 75.5 cm³/mol. The quantitative estimate of drug-likeness (QED) is 0.800. The maximum absolute atomic E-state index is 10.6. The van der Waals surface area contributed by atoms with Crippen LogP contribution in [0.2, 0.25) is 0 Å². The zero-order valence-electron chi connectivity index (χ0n) is 13.1. The first-order chi connectivity index (χ1) is 9.83. The fraction of sp³-hybridized carbons (Fsp3) is 0.714. The van der Waals surface area contributed by atoms with E-state index in [4.69, 9.17) is 9.90 Å². The Morgan fingerprint density at radius 2 is 1.91 bits per heavy atom. The first-order valence-electron chi connectivity index (χ1n) is 6.93. The van der Waals surface area contributed by atoms with Crippen LogP contribution in [0.4, 0.5) is 13.2 Å². The van der Waals surface area contributed by atoms with E-state index in [-0.39, 0.29) is 5.41 Å². The second kappa shape index (κ2) is 6.28. The van der Waals surface area contributed by atoms with E-state index in [1.165, 1.54) is 18.5 Å². The topological polar surface area (TPSA) is 78.0 Å². The van der Waals surface area contributed by atoms with Crippen molar-refractivity contribution in [3.63, 3.8) is 0 Å². The Balaban J connectivity index is 0.000000295. The maximum atomic E-state index is 10.6. The van der Waals surface area contributed by atoms with Crippen LogP contribution in [0.5, 0.6) is 0 Å². The number of aromatic amines is 1. The highest BCUT2D eigenvalue weighted by molar-refractivity contribution is 5.73. The Labute approximate surface area is 127 Å². The van der Waals surface area contributed by atoms with E-state index < -0.39 is 12.1 Å². The molecule has 0 atom stereocenters. The summed E-state index contributed by atoms with van der Waals surface area (Å²) in [7, 11) is 0. The summed E-state index contributed by atoms with van der Waals surface area (Å²) in [5, 5.41) is 18.1. The van der Waals surface area contributed by atoms with Gasteiger partial charge in [0.15, 0.2) is 0 Å². The molecule has 0 aliphatic heterocycles. The fourth-order valence-corrected chi connectivity index (χ4v) is 1.51. The van der Waals surface area contributed by atoms with Crippen LogP contribution in [0.25, 0.3) is 0 Å². The summed E-state index contributed by atoms with van der Waals surface area (Å²) in [6.07, 6.45) is -2.49. The molecule has 0 spiro atoms. The highest BCUT2D eigenvalue weighted by Crippen LogP contribution is 2.34. The Morgan fingerprint density at radius 3 is 2.23 bits per heavy atom. The Bertz CT molecular complexity index is 514. The Hall–Kier alpha value is -1.57. The molecule has 0 radical (unpaired) electrons. The number of carbonyl (C=O) groups is 1. The third-order valence-electron chi connectivity index (χ3n) is 3.35. The summed E-state index contributed by atoms with van der Waals surface area (Å²) < 4.78 is 31.7. The van der Waals surface area contributed by atoms with Crippen molar-refractivity contribution in [2.45, 2.75) is 64.2 Å². The molecule has 8 heteroatoms. The Morgan fingerprint density at radius 1 is 1.41 bits per heavy atom. The molecule has 3 N–H and O–H groups in total. The number of hydrogen-bond donors (Lipinski definition) is 3. The molecule has 126 valence electrons. The lowest BCUT2D eigenvalue weighted by molar-refractivity contribution is -0.192. The number of nitrogens with zero attached hydrogens (tertiary/aromatic N) is 1. The number of aromatic nitrogens is 2. The van der Waals surface area contributed by atoms with Gasteiger partial charge in [-0.1, -0.05) is 20.8 Å². The minimum atomic E-state index is -5.08. The molecule has 0 amide bonds. The number of rotatable bonds is 3. The molecule has 22 heavy (non-hydrogen) atoms. The molecule has 1 heterocycles. The average molecular weight is 321 g/mol. The van der Waals surface area contributed by atoms with Gasteiger partial charge >= 0.3 is 12.1 Å². The van der Waals surface area contributed by atoms with Crippen molar-refractivity contribution in [2.75, 3.05) is 0 Å². The molecule has 2 rings (SSSR count). The van der Waals surface area contributed by atoms with Crippen molar-refractivity contribution >= 4 is 5.97 Å². The Kier molecular flexibility index (Phi) is 5.27. The van der Waals surface area contributed by atoms with Crippen LogP contribution in [0, 0.1) is 0 Å². The zero-order chi connectivity index (χ0) is 17.2. The molecule has 0 unspecified atom stereocenters. The van der Waals surface area contributed by atoms with Crippen LogP contribution in [-0.2, 0) is 16.8 Å². The van der Waals surface area contributed by atoms with Crippen molar-refractivity contribution in [1.82, 2.24) is 15.5 Å². The van der Waals surface area contributed by atoms with Gasteiger partial charge in [-0.05, 0) is 25.8 Å². The number of carboxylic acids is 1. The lowest BCUT2D eigenvalue weighted by atomic mass is 9.92. The van der Waals surface area contributed by atoms with Crippen LogP contribution in [0.3, 0.4) is 0 Å². The summed E-state index contributed by atoms with van der Waals surface area (Å²) in [5.41, 5.74) is 2.86. The first-order valence-corrected chi connectivity index (χ1v) is 6.93. The van der Waals surface area contributed by atoms with Gasteiger partial charge < -0.3 is 10.4 Å². The molecular weight excluding hydrogens is 299 g/mol. The summed E-state index contributed by atoms with van der Waals surface area (Å²) >= 11 is 0. The summed E-state index contributed by atoms with van der Waals surface area (Å²) in [4.78, 5) is 8.90. The van der Waals surface area contributed by atoms with Crippen LogP contribution in [0.15, 0.2) is 6.07 Å². The molecule has 1 aromatic rings. The number of hydrogen-bond acceptors (Lipinski definition) is 3. The van der Waals surface area contributed by atoms with Gasteiger partial charge in [0, 0.05) is 23.2 Å². The second-order valence-corrected chi connectivity index (χ2v) is 6.75. The van der Waals surface area contributed by atoms with Gasteiger partial charge in [0.2, 0.25) is 0 Å². The lowest BCUT2D eigenvalue weighted by Crippen LogP contribution is -2.27. The molecule has 1 aliphatic carbocycles. The molecule has 1 aliphatic rings. The molecule has 5 nitrogen and oxygen atoms in total. The predicted octanol–water partition coefficient (Wildman–Crippen LogP) is 2.98. The van der Waals surface area contributed by atoms with E-state index in [1.54, 1.807) is 0 Å². The summed E-state index contributed by atoms with van der Waals surface area (Å²) in [6, 6.07) is 2.17. The fourth-order valence-electron chi connectivity index (χ4n) is 1.51. The largest absolute Gasteiger partial charge is 0.490 e. The van der Waals surface area contributed by atoms with Gasteiger partial charge in [0.05, 0.1) is 5.69 Å². The molecule has 1 saturated carbocycles. The van der Waals surface area contributed by atoms with Crippen molar-refractivity contribution < 1.29 is 23.1 Å². The number of carboxylic acid groups (broad SMARTS) is 1. The van der Waals surface area contributed by atoms with E-state index in [9.17, 15) is 13.2 Å². The summed E-state index contributed by atoms with van der Waals surface area (Å²) in [5.74, 6) is -2.76. The molecular formula is C14H22F3N3O2. The molecule has 1 fully saturated rings. The normalized spacial score (nSPS) is 16.7. The minimum Gasteiger partial charge on any atom is -0.475 e. The molecule has 0 saturated heterocycles. The number of alkyl halides is 3. The van der Waals surface area contributed by atoms with E-state index in [0.29, 0.717) is 5.54 Å². The average Bonchev–Trinajstić information content (AvgIpc) is 2.90. The van der Waals surface area contributed by atoms with E-state index in [1.807, 2.05) is 0 Å². The molecule has 1 aromatic heterocycles. The van der Waals surface area contributed by atoms with E-state index in [2.05, 4.69) is 49.3 Å². The zero-order valence-corrected chi connectivity index (χ0v) is 13.1. The van der Waals surface area contributed by atoms with Crippen LogP contribution in [0.1, 0.15) is 51.9 Å². The second-order valence-electron chi connectivity index (χ2n) is 6.75. The van der Waals surface area contributed by atoms with E-state index in [0.717, 1.165) is 12.2 Å². The van der Waals surface area contributed by atoms with E-state index >= 15 is 0 Å². The van der Waals surface area contributed by atoms with Gasteiger partial charge in [-0.2, -0.15) is 18.3 Å². The highest BCUT2D eigenvalue weighted by atomic mass is 19.4. The number of H-pyrrole nitrogens is 1. The third-order valence-corrected chi connectivity index (χ3v) is 3.35. The van der Waals surface area contributed by atoms with Gasteiger partial charge in [-0.25, -0.2) is 4.79 Å². The standard InChI is InChI=1S/C12H21N3.C2HF3O2/c1-11(2,3)10-7-9(14-15-10)8-13-12(4)5-6-12;3-2(4,5)1(6)7/h7,13H,5-6,8H2,1-4H3,(H,14,15);(H,6,7). The van der Waals surface area contributed by atoms with Crippen molar-refractivity contribution in [2.24, 2.45) is 0 Å². The van der Waals surface area contributed by atoms with Crippen LogP contribution < -0.4 is 5.32 Å². The van der Waals surface area contributed by atoms with Crippen molar-refractivity contribution in [1.29, 1.82) is 0 Å². The minimum absolute atomic E-state index is 0.137. The lowest BCUT2D eigenvalue weighted by Gasteiger charge is -2.13. The number of halogens is 3. The summed E-state index contributed by atoms with van der Waals surface area (Å²) in [6.45, 7) is 9.72. The van der Waals surface area contributed by atoms with Gasteiger partial charge in [0.1, 0.15) is 0 Å². The van der Waals surface area contributed by atoms with Gasteiger partial charge in [-0.15, -0.1) is 0 Å². The number of nitrogens with one attached hydrogen (secondary N) is 2. The highest BCUT2D eigenvalue weighted by Gasteiger charge is 2.38. The monoisotopic (exact) mass is 321 g/mol. The maximum Gasteiger partial charge on any atom is 0.490 e. The molecule has 0 aromatic carbocycles. The van der Waals surface area contributed by atoms with Crippen molar-refractivity contribution in [3.8, 4) is 0 Å². The SMILES string of the molecule is CC1(NCc2cc(C(C)(C)C)n[nH]2)CC1.O=C(O)C(F)(F)F. The van der Waals surface area contributed by atoms with Gasteiger partial charge in [-0.3, -0.25) is 5.10 Å². The van der Waals surface area contributed by atoms with Crippen molar-refractivity contribution in [3.05, 3.63) is 17.5 Å². The smallest absolute Gasteiger partial charge is 0.475 e. The van der Waals surface area contributed by atoms with Gasteiger partial charge in [0.25, 0.3) is 0 Å². The third kappa shape index (κ3) is 6.05. The van der Waals surface area contributed by atoms with Crippen LogP contribution >= 0.6 is 0 Å². The number of aliphatic carboxylic acids is 1. The first kappa shape index (κ1) is 18.5. The molecule has 0 bridgehead atoms.